The first-order valence-electron chi connectivity index (χ1n) is 8.68. The molecule has 0 radical (unpaired) electrons. The summed E-state index contributed by atoms with van der Waals surface area (Å²) in [5.74, 6) is -0.942. The Morgan fingerprint density at radius 2 is 1.92 bits per heavy atom. The first kappa shape index (κ1) is 18.0. The van der Waals surface area contributed by atoms with Gasteiger partial charge in [-0.25, -0.2) is 4.39 Å². The number of halogens is 1. The van der Waals surface area contributed by atoms with Crippen molar-refractivity contribution in [2.75, 3.05) is 16.8 Å². The van der Waals surface area contributed by atoms with Crippen LogP contribution in [0.15, 0.2) is 55.0 Å². The fourth-order valence-corrected chi connectivity index (χ4v) is 3.33. The smallest absolute Gasteiger partial charge is 0.228 e. The van der Waals surface area contributed by atoms with Crippen molar-refractivity contribution in [2.24, 2.45) is 0 Å². The number of aryl methyl sites for hydroxylation is 2. The molecule has 1 aromatic carbocycles. The topological polar surface area (TPSA) is 37.3 Å². The van der Waals surface area contributed by atoms with Gasteiger partial charge in [0, 0.05) is 36.4 Å². The molecule has 0 saturated heterocycles. The van der Waals surface area contributed by atoms with Gasteiger partial charge in [-0.1, -0.05) is 13.2 Å². The average Bonchev–Trinajstić information content (AvgIpc) is 3.05. The minimum Gasteiger partial charge on any atom is -0.364 e. The molecule has 0 fully saturated rings. The van der Waals surface area contributed by atoms with Crippen molar-refractivity contribution in [1.29, 1.82) is 0 Å². The van der Waals surface area contributed by atoms with E-state index in [1.54, 1.807) is 0 Å². The van der Waals surface area contributed by atoms with E-state index in [0.717, 1.165) is 42.1 Å². The van der Waals surface area contributed by atoms with E-state index in [-0.39, 0.29) is 17.9 Å². The van der Waals surface area contributed by atoms with Crippen LogP contribution in [-0.4, -0.2) is 17.0 Å². The Bertz CT molecular complexity index is 858. The second kappa shape index (κ2) is 7.20. The van der Waals surface area contributed by atoms with Crippen LogP contribution in [-0.2, 0) is 17.9 Å². The van der Waals surface area contributed by atoms with E-state index in [0.29, 0.717) is 0 Å². The van der Waals surface area contributed by atoms with Crippen LogP contribution in [0.3, 0.4) is 0 Å². The molecule has 0 spiro atoms. The molecule has 4 nitrogen and oxygen atoms in total. The summed E-state index contributed by atoms with van der Waals surface area (Å²) in [6.45, 7) is 13.4. The number of aromatic nitrogens is 1. The Morgan fingerprint density at radius 1 is 1.23 bits per heavy atom. The van der Waals surface area contributed by atoms with E-state index < -0.39 is 5.83 Å². The summed E-state index contributed by atoms with van der Waals surface area (Å²) in [6.07, 6.45) is 2.01. The molecule has 0 atom stereocenters. The number of hydrogen-bond acceptors (Lipinski definition) is 2. The lowest BCUT2D eigenvalue weighted by atomic mass is 10.1. The summed E-state index contributed by atoms with van der Waals surface area (Å²) in [7, 11) is 0. The SMILES string of the molecule is C=C(F)C(=C)CC(=O)Nc1c(C)cc(N2CCn3cccc3C2)cc1C. The molecule has 1 aromatic heterocycles. The number of hydrogen-bond donors (Lipinski definition) is 1. The normalized spacial score (nSPS) is 13.3. The van der Waals surface area contributed by atoms with Gasteiger partial charge in [0.25, 0.3) is 0 Å². The highest BCUT2D eigenvalue weighted by molar-refractivity contribution is 5.94. The van der Waals surface area contributed by atoms with Crippen molar-refractivity contribution in [3.05, 3.63) is 71.8 Å². The van der Waals surface area contributed by atoms with Crippen LogP contribution in [0.4, 0.5) is 15.8 Å². The van der Waals surface area contributed by atoms with Crippen molar-refractivity contribution in [2.45, 2.75) is 33.4 Å². The molecular formula is C21H24FN3O. The van der Waals surface area contributed by atoms with Gasteiger partial charge >= 0.3 is 0 Å². The van der Waals surface area contributed by atoms with Gasteiger partial charge in [0.15, 0.2) is 0 Å². The number of benzene rings is 1. The maximum absolute atomic E-state index is 13.0. The molecule has 0 aliphatic carbocycles. The van der Waals surface area contributed by atoms with Gasteiger partial charge in [-0.2, -0.15) is 0 Å². The molecular weight excluding hydrogens is 329 g/mol. The van der Waals surface area contributed by atoms with Gasteiger partial charge in [0.1, 0.15) is 5.83 Å². The van der Waals surface area contributed by atoms with E-state index >= 15 is 0 Å². The van der Waals surface area contributed by atoms with Crippen LogP contribution in [0.2, 0.25) is 0 Å². The second-order valence-electron chi connectivity index (χ2n) is 6.80. The molecule has 2 aromatic rings. The van der Waals surface area contributed by atoms with Crippen LogP contribution < -0.4 is 10.2 Å². The second-order valence-corrected chi connectivity index (χ2v) is 6.80. The molecule has 136 valence electrons. The van der Waals surface area contributed by atoms with E-state index in [9.17, 15) is 9.18 Å². The molecule has 5 heteroatoms. The molecule has 1 aliphatic heterocycles. The largest absolute Gasteiger partial charge is 0.364 e. The van der Waals surface area contributed by atoms with Gasteiger partial charge in [-0.05, 0) is 54.8 Å². The third-order valence-corrected chi connectivity index (χ3v) is 4.79. The maximum atomic E-state index is 13.0. The summed E-state index contributed by atoms with van der Waals surface area (Å²) in [5.41, 5.74) is 5.29. The molecule has 1 aliphatic rings. The Morgan fingerprint density at radius 3 is 2.58 bits per heavy atom. The summed E-state index contributed by atoms with van der Waals surface area (Å²) < 4.78 is 15.3. The first-order valence-corrected chi connectivity index (χ1v) is 8.68. The van der Waals surface area contributed by atoms with Crippen molar-refractivity contribution in [1.82, 2.24) is 4.57 Å². The van der Waals surface area contributed by atoms with E-state index in [1.807, 2.05) is 13.8 Å². The molecule has 26 heavy (non-hydrogen) atoms. The number of carbonyl (C=O) groups is 1. The molecule has 2 heterocycles. The maximum Gasteiger partial charge on any atom is 0.228 e. The third-order valence-electron chi connectivity index (χ3n) is 4.79. The number of amides is 1. The molecule has 1 amide bonds. The summed E-state index contributed by atoms with van der Waals surface area (Å²) in [6, 6.07) is 8.40. The molecule has 0 unspecified atom stereocenters. The fourth-order valence-electron chi connectivity index (χ4n) is 3.33. The predicted octanol–water partition coefficient (Wildman–Crippen LogP) is 4.49. The highest BCUT2D eigenvalue weighted by Gasteiger charge is 2.18. The predicted molar refractivity (Wildman–Crippen MR) is 104 cm³/mol. The lowest BCUT2D eigenvalue weighted by Gasteiger charge is -2.31. The quantitative estimate of drug-likeness (QED) is 0.804. The molecule has 0 bridgehead atoms. The summed E-state index contributed by atoms with van der Waals surface area (Å²) >= 11 is 0. The Hall–Kier alpha value is -2.82. The van der Waals surface area contributed by atoms with E-state index in [4.69, 9.17) is 0 Å². The van der Waals surface area contributed by atoms with Crippen LogP contribution in [0.5, 0.6) is 0 Å². The van der Waals surface area contributed by atoms with Gasteiger partial charge in [0.2, 0.25) is 5.91 Å². The van der Waals surface area contributed by atoms with Crippen molar-refractivity contribution < 1.29 is 9.18 Å². The van der Waals surface area contributed by atoms with Crippen LogP contribution in [0, 0.1) is 13.8 Å². The summed E-state index contributed by atoms with van der Waals surface area (Å²) in [4.78, 5) is 14.5. The van der Waals surface area contributed by atoms with Gasteiger partial charge in [-0.15, -0.1) is 0 Å². The number of nitrogens with one attached hydrogen (secondary N) is 1. The van der Waals surface area contributed by atoms with Crippen LogP contribution in [0.1, 0.15) is 23.2 Å². The number of allylic oxidation sites excluding steroid dienone is 1. The van der Waals surface area contributed by atoms with E-state index in [1.165, 1.54) is 5.69 Å². The molecule has 3 rings (SSSR count). The van der Waals surface area contributed by atoms with Crippen molar-refractivity contribution >= 4 is 17.3 Å². The number of fused-ring (bicyclic) bond motifs is 1. The zero-order valence-electron chi connectivity index (χ0n) is 15.3. The van der Waals surface area contributed by atoms with E-state index in [2.05, 4.69) is 58.4 Å². The van der Waals surface area contributed by atoms with Gasteiger partial charge < -0.3 is 14.8 Å². The summed E-state index contributed by atoms with van der Waals surface area (Å²) in [5, 5.41) is 2.88. The first-order chi connectivity index (χ1) is 12.3. The molecule has 1 N–H and O–H groups in total. The molecule has 0 saturated carbocycles. The van der Waals surface area contributed by atoms with Crippen LogP contribution >= 0.6 is 0 Å². The van der Waals surface area contributed by atoms with Crippen molar-refractivity contribution in [3.8, 4) is 0 Å². The zero-order chi connectivity index (χ0) is 18.8. The number of nitrogens with zero attached hydrogens (tertiary/aromatic N) is 2. The minimum absolute atomic E-state index is 0.0981. The minimum atomic E-state index is -0.654. The highest BCUT2D eigenvalue weighted by atomic mass is 19.1. The average molecular weight is 353 g/mol. The Kier molecular flexibility index (Phi) is 4.98. The van der Waals surface area contributed by atoms with Gasteiger partial charge in [0.05, 0.1) is 13.0 Å². The van der Waals surface area contributed by atoms with Crippen LogP contribution in [0.25, 0.3) is 0 Å². The Balaban J connectivity index is 1.75. The number of carbonyl (C=O) groups excluding carboxylic acids is 1. The fraction of sp³-hybridized carbons (Fsp3) is 0.286. The lowest BCUT2D eigenvalue weighted by Crippen LogP contribution is -2.33. The highest BCUT2D eigenvalue weighted by Crippen LogP contribution is 2.29. The third kappa shape index (κ3) is 3.72. The standard InChI is InChI=1S/C21H24FN3O/c1-14(17(4)22)12-20(26)23-21-15(2)10-19(11-16(21)3)25-9-8-24-7-5-6-18(24)13-25/h5-7,10-11H,1,4,8-9,12-13H2,2-3H3,(H,23,26). The van der Waals surface area contributed by atoms with Gasteiger partial charge in [-0.3, -0.25) is 4.79 Å². The monoisotopic (exact) mass is 353 g/mol. The number of rotatable bonds is 5. The zero-order valence-corrected chi connectivity index (χ0v) is 15.3. The Labute approximate surface area is 153 Å². The van der Waals surface area contributed by atoms with Crippen molar-refractivity contribution in [3.63, 3.8) is 0 Å². The lowest BCUT2D eigenvalue weighted by molar-refractivity contribution is -0.115. The number of anilines is 2.